The maximum atomic E-state index is 12.2. The third kappa shape index (κ3) is 4.24. The van der Waals surface area contributed by atoms with E-state index >= 15 is 0 Å². The molecule has 0 bridgehead atoms. The topological polar surface area (TPSA) is 38.3 Å². The van der Waals surface area contributed by atoms with Crippen molar-refractivity contribution in [3.8, 4) is 5.75 Å². The van der Waals surface area contributed by atoms with Gasteiger partial charge >= 0.3 is 0 Å². The lowest BCUT2D eigenvalue weighted by atomic mass is 10.1. The Morgan fingerprint density at radius 2 is 1.95 bits per heavy atom. The Morgan fingerprint density at radius 3 is 2.64 bits per heavy atom. The molecule has 1 unspecified atom stereocenters. The van der Waals surface area contributed by atoms with Crippen LogP contribution in [-0.2, 0) is 4.79 Å². The molecule has 2 aromatic rings. The number of anilines is 1. The number of halogens is 2. The Bertz CT molecular complexity index is 703. The van der Waals surface area contributed by atoms with Crippen molar-refractivity contribution in [1.82, 2.24) is 0 Å². The molecular formula is C17H17BrClNO2. The minimum absolute atomic E-state index is 0.245. The number of carbonyl (C=O) groups excluding carboxylic acids is 1. The fraction of sp³-hybridized carbons (Fsp3) is 0.235. The van der Waals surface area contributed by atoms with Gasteiger partial charge in [-0.25, -0.2) is 0 Å². The molecule has 0 radical (unpaired) electrons. The van der Waals surface area contributed by atoms with E-state index in [-0.39, 0.29) is 5.91 Å². The Balaban J connectivity index is 2.07. The van der Waals surface area contributed by atoms with Crippen LogP contribution >= 0.6 is 27.5 Å². The fourth-order valence-electron chi connectivity index (χ4n) is 1.90. The molecular weight excluding hydrogens is 366 g/mol. The average Bonchev–Trinajstić information content (AvgIpc) is 2.45. The van der Waals surface area contributed by atoms with E-state index in [1.807, 2.05) is 38.1 Å². The van der Waals surface area contributed by atoms with Crippen molar-refractivity contribution in [1.29, 1.82) is 0 Å². The minimum Gasteiger partial charge on any atom is -0.481 e. The Kier molecular flexibility index (Phi) is 5.48. The fourth-order valence-corrected chi connectivity index (χ4v) is 2.62. The second-order valence-corrected chi connectivity index (χ2v) is 6.47. The van der Waals surface area contributed by atoms with E-state index in [2.05, 4.69) is 21.2 Å². The highest BCUT2D eigenvalue weighted by atomic mass is 79.9. The minimum atomic E-state index is -0.625. The third-order valence-corrected chi connectivity index (χ3v) is 4.01. The van der Waals surface area contributed by atoms with Crippen molar-refractivity contribution in [3.63, 3.8) is 0 Å². The molecule has 0 spiro atoms. The lowest BCUT2D eigenvalue weighted by Crippen LogP contribution is -2.30. The highest BCUT2D eigenvalue weighted by Crippen LogP contribution is 2.26. The van der Waals surface area contributed by atoms with E-state index < -0.39 is 6.10 Å². The summed E-state index contributed by atoms with van der Waals surface area (Å²) < 4.78 is 6.62. The Morgan fingerprint density at radius 1 is 1.23 bits per heavy atom. The predicted molar refractivity (Wildman–Crippen MR) is 93.8 cm³/mol. The molecule has 116 valence electrons. The smallest absolute Gasteiger partial charge is 0.265 e. The van der Waals surface area contributed by atoms with E-state index in [1.54, 1.807) is 19.1 Å². The first kappa shape index (κ1) is 16.8. The number of ether oxygens (including phenoxy) is 1. The monoisotopic (exact) mass is 381 g/mol. The zero-order valence-corrected chi connectivity index (χ0v) is 15.0. The summed E-state index contributed by atoms with van der Waals surface area (Å²) in [7, 11) is 0. The first-order chi connectivity index (χ1) is 10.4. The molecule has 22 heavy (non-hydrogen) atoms. The zero-order valence-electron chi connectivity index (χ0n) is 12.6. The Labute approximate surface area is 143 Å². The van der Waals surface area contributed by atoms with Crippen LogP contribution in [0.4, 0.5) is 5.69 Å². The lowest BCUT2D eigenvalue weighted by molar-refractivity contribution is -0.122. The molecule has 1 N–H and O–H groups in total. The molecule has 0 heterocycles. The molecule has 0 saturated heterocycles. The third-order valence-electron chi connectivity index (χ3n) is 3.21. The van der Waals surface area contributed by atoms with Crippen molar-refractivity contribution in [3.05, 3.63) is 57.0 Å². The van der Waals surface area contributed by atoms with Gasteiger partial charge in [0.25, 0.3) is 5.91 Å². The van der Waals surface area contributed by atoms with Crippen LogP contribution in [0.25, 0.3) is 0 Å². The molecule has 2 rings (SSSR count). The Hall–Kier alpha value is -1.52. The molecule has 1 amide bonds. The SMILES string of the molecule is Cc1ccc(C)c(OC(C)C(=O)Nc2ccc(Br)cc2Cl)c1. The maximum Gasteiger partial charge on any atom is 0.265 e. The van der Waals surface area contributed by atoms with E-state index in [0.29, 0.717) is 16.5 Å². The van der Waals surface area contributed by atoms with Crippen molar-refractivity contribution in [2.75, 3.05) is 5.32 Å². The number of nitrogens with one attached hydrogen (secondary N) is 1. The van der Waals surface area contributed by atoms with Gasteiger partial charge in [0.15, 0.2) is 6.10 Å². The van der Waals surface area contributed by atoms with Gasteiger partial charge in [-0.2, -0.15) is 0 Å². The number of hydrogen-bond donors (Lipinski definition) is 1. The van der Waals surface area contributed by atoms with Gasteiger partial charge in [0.1, 0.15) is 5.75 Å². The van der Waals surface area contributed by atoms with Crippen molar-refractivity contribution >= 4 is 39.1 Å². The van der Waals surface area contributed by atoms with Crippen molar-refractivity contribution in [2.24, 2.45) is 0 Å². The largest absolute Gasteiger partial charge is 0.481 e. The summed E-state index contributed by atoms with van der Waals surface area (Å²) in [5.41, 5.74) is 2.64. The highest BCUT2D eigenvalue weighted by Gasteiger charge is 2.17. The number of carbonyl (C=O) groups is 1. The van der Waals surface area contributed by atoms with E-state index in [4.69, 9.17) is 16.3 Å². The van der Waals surface area contributed by atoms with Gasteiger partial charge in [0.05, 0.1) is 10.7 Å². The van der Waals surface area contributed by atoms with Gasteiger partial charge in [-0.15, -0.1) is 0 Å². The molecule has 0 aliphatic heterocycles. The summed E-state index contributed by atoms with van der Waals surface area (Å²) in [5.74, 6) is 0.467. The van der Waals surface area contributed by atoms with Crippen molar-refractivity contribution in [2.45, 2.75) is 26.9 Å². The first-order valence-electron chi connectivity index (χ1n) is 6.86. The van der Waals surface area contributed by atoms with Crippen LogP contribution < -0.4 is 10.1 Å². The quantitative estimate of drug-likeness (QED) is 0.796. The van der Waals surface area contributed by atoms with Crippen molar-refractivity contribution < 1.29 is 9.53 Å². The molecule has 0 aromatic heterocycles. The highest BCUT2D eigenvalue weighted by molar-refractivity contribution is 9.10. The maximum absolute atomic E-state index is 12.2. The van der Waals surface area contributed by atoms with E-state index in [9.17, 15) is 4.79 Å². The summed E-state index contributed by atoms with van der Waals surface area (Å²) in [6.45, 7) is 5.65. The molecule has 5 heteroatoms. The zero-order chi connectivity index (χ0) is 16.3. The van der Waals surface area contributed by atoms with Crippen LogP contribution in [-0.4, -0.2) is 12.0 Å². The first-order valence-corrected chi connectivity index (χ1v) is 8.03. The molecule has 3 nitrogen and oxygen atoms in total. The molecule has 2 aromatic carbocycles. The number of aryl methyl sites for hydroxylation is 2. The van der Waals surface area contributed by atoms with Crippen LogP contribution in [0.3, 0.4) is 0 Å². The summed E-state index contributed by atoms with van der Waals surface area (Å²) in [6.07, 6.45) is -0.625. The average molecular weight is 383 g/mol. The van der Waals surface area contributed by atoms with E-state index in [1.165, 1.54) is 0 Å². The predicted octanol–water partition coefficient (Wildman–Crippen LogP) is 5.13. The van der Waals surface area contributed by atoms with Gasteiger partial charge in [-0.05, 0) is 56.2 Å². The normalized spacial score (nSPS) is 11.9. The number of rotatable bonds is 4. The summed E-state index contributed by atoms with van der Waals surface area (Å²) in [6, 6.07) is 11.2. The second-order valence-electron chi connectivity index (χ2n) is 5.14. The lowest BCUT2D eigenvalue weighted by Gasteiger charge is -2.17. The summed E-state index contributed by atoms with van der Waals surface area (Å²) in [4.78, 5) is 12.2. The van der Waals surface area contributed by atoms with Gasteiger partial charge < -0.3 is 10.1 Å². The molecule has 0 fully saturated rings. The van der Waals surface area contributed by atoms with Gasteiger partial charge in [-0.3, -0.25) is 4.79 Å². The number of benzene rings is 2. The van der Waals surface area contributed by atoms with Gasteiger partial charge in [-0.1, -0.05) is 39.7 Å². The van der Waals surface area contributed by atoms with Crippen LogP contribution in [0.2, 0.25) is 5.02 Å². The van der Waals surface area contributed by atoms with Gasteiger partial charge in [0, 0.05) is 4.47 Å². The van der Waals surface area contributed by atoms with Gasteiger partial charge in [0.2, 0.25) is 0 Å². The van der Waals surface area contributed by atoms with Crippen LogP contribution in [0, 0.1) is 13.8 Å². The molecule has 1 atom stereocenters. The standard InChI is InChI=1S/C17H17BrClNO2/c1-10-4-5-11(2)16(8-10)22-12(3)17(21)20-15-7-6-13(18)9-14(15)19/h4-9,12H,1-3H3,(H,20,21). The van der Waals surface area contributed by atoms with Crippen LogP contribution in [0.1, 0.15) is 18.1 Å². The summed E-state index contributed by atoms with van der Waals surface area (Å²) in [5, 5.41) is 3.25. The molecule has 0 aliphatic rings. The summed E-state index contributed by atoms with van der Waals surface area (Å²) >= 11 is 9.43. The van der Waals surface area contributed by atoms with Crippen LogP contribution in [0.15, 0.2) is 40.9 Å². The van der Waals surface area contributed by atoms with Crippen LogP contribution in [0.5, 0.6) is 5.75 Å². The number of hydrogen-bond acceptors (Lipinski definition) is 2. The molecule has 0 saturated carbocycles. The molecule has 0 aliphatic carbocycles. The van der Waals surface area contributed by atoms with E-state index in [0.717, 1.165) is 15.6 Å². The second kappa shape index (κ2) is 7.16. The number of amides is 1.